The number of fused-ring (bicyclic) bond motifs is 2. The van der Waals surface area contributed by atoms with Crippen LogP contribution >= 0.6 is 11.8 Å². The second kappa shape index (κ2) is 8.55. The van der Waals surface area contributed by atoms with Crippen molar-refractivity contribution in [2.24, 2.45) is 0 Å². The van der Waals surface area contributed by atoms with Crippen LogP contribution in [0.2, 0.25) is 0 Å². The molecular formula is C30H19N3S. The van der Waals surface area contributed by atoms with Crippen molar-refractivity contribution < 1.29 is 0 Å². The summed E-state index contributed by atoms with van der Waals surface area (Å²) in [6.07, 6.45) is 1.69. The third-order valence-corrected chi connectivity index (χ3v) is 7.09. The highest BCUT2D eigenvalue weighted by atomic mass is 32.2. The minimum absolute atomic E-state index is 0.419. The van der Waals surface area contributed by atoms with E-state index in [1.165, 1.54) is 21.2 Å². The van der Waals surface area contributed by atoms with Crippen LogP contribution in [0, 0.1) is 11.3 Å². The topological polar surface area (TPSA) is 39.9 Å². The van der Waals surface area contributed by atoms with Crippen molar-refractivity contribution in [3.8, 4) is 28.3 Å². The molecule has 1 aromatic heterocycles. The molecule has 0 saturated heterocycles. The lowest BCUT2D eigenvalue weighted by Crippen LogP contribution is -2.15. The number of para-hydroxylation sites is 3. The fraction of sp³-hybridized carbons (Fsp3) is 0. The summed E-state index contributed by atoms with van der Waals surface area (Å²) in [5, 5.41) is 9.26. The summed E-state index contributed by atoms with van der Waals surface area (Å²) in [5.41, 5.74) is 8.23. The summed E-state index contributed by atoms with van der Waals surface area (Å²) < 4.78 is 0. The average Bonchev–Trinajstić information content (AvgIpc) is 2.92. The van der Waals surface area contributed by atoms with E-state index in [1.54, 1.807) is 6.20 Å². The molecule has 0 bridgehead atoms. The van der Waals surface area contributed by atoms with Gasteiger partial charge in [-0.15, -0.1) is 0 Å². The lowest BCUT2D eigenvalue weighted by Gasteiger charge is -2.34. The smallest absolute Gasteiger partial charge is 0.141 e. The number of hydrogen-bond acceptors (Lipinski definition) is 4. The second-order valence-electron chi connectivity index (χ2n) is 8.01. The van der Waals surface area contributed by atoms with Crippen LogP contribution in [0.25, 0.3) is 22.3 Å². The Labute approximate surface area is 203 Å². The van der Waals surface area contributed by atoms with E-state index in [2.05, 4.69) is 113 Å². The van der Waals surface area contributed by atoms with Crippen molar-refractivity contribution in [2.75, 3.05) is 4.90 Å². The van der Waals surface area contributed by atoms with Crippen molar-refractivity contribution in [3.63, 3.8) is 0 Å². The van der Waals surface area contributed by atoms with Gasteiger partial charge in [-0.2, -0.15) is 5.26 Å². The Morgan fingerprint density at radius 2 is 1.24 bits per heavy atom. The number of nitrogens with zero attached hydrogens (tertiary/aromatic N) is 3. The van der Waals surface area contributed by atoms with E-state index >= 15 is 0 Å². The van der Waals surface area contributed by atoms with Crippen molar-refractivity contribution >= 4 is 28.8 Å². The van der Waals surface area contributed by atoms with Crippen LogP contribution in [0.4, 0.5) is 17.1 Å². The van der Waals surface area contributed by atoms with Gasteiger partial charge in [0, 0.05) is 21.6 Å². The van der Waals surface area contributed by atoms with Crippen LogP contribution < -0.4 is 4.90 Å². The van der Waals surface area contributed by atoms with Gasteiger partial charge in [-0.3, -0.25) is 0 Å². The molecular weight excluding hydrogens is 434 g/mol. The molecule has 0 saturated carbocycles. The largest absolute Gasteiger partial charge is 0.308 e. The Balaban J connectivity index is 1.52. The van der Waals surface area contributed by atoms with Gasteiger partial charge in [0.25, 0.3) is 0 Å². The molecule has 34 heavy (non-hydrogen) atoms. The first-order valence-corrected chi connectivity index (χ1v) is 11.9. The fourth-order valence-corrected chi connectivity index (χ4v) is 5.47. The highest BCUT2D eigenvalue weighted by Crippen LogP contribution is 2.52. The summed E-state index contributed by atoms with van der Waals surface area (Å²) in [6.45, 7) is 0. The van der Waals surface area contributed by atoms with E-state index in [-0.39, 0.29) is 0 Å². The molecule has 0 atom stereocenters. The molecule has 0 fully saturated rings. The van der Waals surface area contributed by atoms with Gasteiger partial charge >= 0.3 is 0 Å². The van der Waals surface area contributed by atoms with Gasteiger partial charge in [0.1, 0.15) is 11.8 Å². The molecule has 0 unspecified atom stereocenters. The number of aromatic nitrogens is 1. The Hall–Kier alpha value is -4.33. The van der Waals surface area contributed by atoms with E-state index in [1.807, 2.05) is 23.9 Å². The molecule has 0 N–H and O–H groups in total. The van der Waals surface area contributed by atoms with E-state index < -0.39 is 0 Å². The fourth-order valence-electron chi connectivity index (χ4n) is 4.41. The number of benzene rings is 4. The Kier molecular flexibility index (Phi) is 5.10. The van der Waals surface area contributed by atoms with Crippen molar-refractivity contribution in [2.45, 2.75) is 9.79 Å². The monoisotopic (exact) mass is 453 g/mol. The van der Waals surface area contributed by atoms with Gasteiger partial charge in [0.05, 0.1) is 17.1 Å². The van der Waals surface area contributed by atoms with Crippen LogP contribution in [0.5, 0.6) is 0 Å². The van der Waals surface area contributed by atoms with Crippen molar-refractivity contribution in [1.82, 2.24) is 4.98 Å². The normalized spacial score (nSPS) is 11.9. The van der Waals surface area contributed by atoms with Gasteiger partial charge in [0.15, 0.2) is 0 Å². The van der Waals surface area contributed by atoms with Crippen LogP contribution in [0.3, 0.4) is 0 Å². The van der Waals surface area contributed by atoms with E-state index in [9.17, 15) is 5.26 Å². The number of anilines is 3. The summed E-state index contributed by atoms with van der Waals surface area (Å²) >= 11 is 1.81. The molecule has 1 aliphatic heterocycles. The van der Waals surface area contributed by atoms with Crippen molar-refractivity contribution in [3.05, 3.63) is 121 Å². The SMILES string of the molecule is N#Cc1cc(-c2cccc(-c3ccccc3N3c4ccccc4Sc4ccccc43)c2)ccn1. The van der Waals surface area contributed by atoms with Gasteiger partial charge in [-0.25, -0.2) is 4.98 Å². The molecule has 0 spiro atoms. The molecule has 3 nitrogen and oxygen atoms in total. The average molecular weight is 454 g/mol. The van der Waals surface area contributed by atoms with Crippen LogP contribution in [-0.2, 0) is 0 Å². The van der Waals surface area contributed by atoms with E-state index in [0.717, 1.165) is 27.9 Å². The van der Waals surface area contributed by atoms with Gasteiger partial charge in [0.2, 0.25) is 0 Å². The van der Waals surface area contributed by atoms with Crippen LogP contribution in [0.15, 0.2) is 125 Å². The van der Waals surface area contributed by atoms with Gasteiger partial charge in [-0.05, 0) is 65.2 Å². The van der Waals surface area contributed by atoms with Crippen LogP contribution in [-0.4, -0.2) is 4.98 Å². The predicted molar refractivity (Wildman–Crippen MR) is 139 cm³/mol. The second-order valence-corrected chi connectivity index (χ2v) is 9.10. The summed E-state index contributed by atoms with van der Waals surface area (Å²) in [6, 6.07) is 40.1. The molecule has 6 rings (SSSR count). The van der Waals surface area contributed by atoms with Gasteiger partial charge < -0.3 is 4.90 Å². The standard InChI is InChI=1S/C30H19N3S/c31-20-24-19-22(16-17-32-24)21-8-7-9-23(18-21)25-10-1-2-11-26(25)33-27-12-3-5-14-29(27)34-30-15-6-4-13-28(30)33/h1-19H. The molecule has 1 aliphatic rings. The minimum Gasteiger partial charge on any atom is -0.308 e. The lowest BCUT2D eigenvalue weighted by molar-refractivity contribution is 1.17. The van der Waals surface area contributed by atoms with Crippen LogP contribution in [0.1, 0.15) is 5.69 Å². The maximum Gasteiger partial charge on any atom is 0.141 e. The maximum absolute atomic E-state index is 9.26. The first-order chi connectivity index (χ1) is 16.8. The predicted octanol–water partition coefficient (Wildman–Crippen LogP) is 8.22. The minimum atomic E-state index is 0.419. The first kappa shape index (κ1) is 20.3. The first-order valence-electron chi connectivity index (χ1n) is 11.0. The van der Waals surface area contributed by atoms with E-state index in [0.29, 0.717) is 5.69 Å². The lowest BCUT2D eigenvalue weighted by atomic mass is 9.97. The van der Waals surface area contributed by atoms with E-state index in [4.69, 9.17) is 0 Å². The number of hydrogen-bond donors (Lipinski definition) is 0. The zero-order valence-corrected chi connectivity index (χ0v) is 19.0. The molecule has 0 radical (unpaired) electrons. The molecule has 4 aromatic carbocycles. The quantitative estimate of drug-likeness (QED) is 0.271. The highest BCUT2D eigenvalue weighted by molar-refractivity contribution is 7.99. The molecule has 160 valence electrons. The Morgan fingerprint density at radius 1 is 0.618 bits per heavy atom. The Bertz CT molecular complexity index is 1520. The number of nitriles is 1. The summed E-state index contributed by atoms with van der Waals surface area (Å²) in [5.74, 6) is 0. The molecule has 0 amide bonds. The third-order valence-electron chi connectivity index (χ3n) is 5.96. The molecule has 5 aromatic rings. The van der Waals surface area contributed by atoms with Gasteiger partial charge in [-0.1, -0.05) is 72.4 Å². The molecule has 4 heteroatoms. The summed E-state index contributed by atoms with van der Waals surface area (Å²) in [4.78, 5) is 8.96. The Morgan fingerprint density at radius 3 is 1.97 bits per heavy atom. The highest BCUT2D eigenvalue weighted by Gasteiger charge is 2.26. The molecule has 0 aliphatic carbocycles. The maximum atomic E-state index is 9.26. The van der Waals surface area contributed by atoms with Crippen molar-refractivity contribution in [1.29, 1.82) is 5.26 Å². The zero-order valence-electron chi connectivity index (χ0n) is 18.2. The summed E-state index contributed by atoms with van der Waals surface area (Å²) in [7, 11) is 0. The molecule has 2 heterocycles. The zero-order chi connectivity index (χ0) is 22.9. The third kappa shape index (κ3) is 3.53. The number of pyridine rings is 1. The number of rotatable bonds is 3.